The van der Waals surface area contributed by atoms with Gasteiger partial charge in [0.15, 0.2) is 0 Å². The molecule has 2 aromatic carbocycles. The number of hydrogen-bond acceptors (Lipinski definition) is 3. The number of nitrogens with one attached hydrogen (secondary N) is 1. The van der Waals surface area contributed by atoms with Crippen LogP contribution in [-0.4, -0.2) is 23.0 Å². The Kier molecular flexibility index (Phi) is 5.69. The maximum absolute atomic E-state index is 12.2. The molecule has 0 saturated heterocycles. The Morgan fingerprint density at radius 1 is 1.08 bits per heavy atom. The van der Waals surface area contributed by atoms with Crippen LogP contribution in [0.15, 0.2) is 54.6 Å². The van der Waals surface area contributed by atoms with Gasteiger partial charge in [-0.25, -0.2) is 4.79 Å². The zero-order valence-electron chi connectivity index (χ0n) is 13.3. The Morgan fingerprint density at radius 3 is 2.21 bits per heavy atom. The Balaban J connectivity index is 2.09. The van der Waals surface area contributed by atoms with E-state index in [1.54, 1.807) is 19.1 Å². The molecule has 2 aromatic rings. The third kappa shape index (κ3) is 4.43. The van der Waals surface area contributed by atoms with E-state index in [0.29, 0.717) is 5.56 Å². The first-order valence-electron chi connectivity index (χ1n) is 7.60. The van der Waals surface area contributed by atoms with Crippen LogP contribution >= 0.6 is 0 Å². The number of carbonyl (C=O) groups is 2. The van der Waals surface area contributed by atoms with Gasteiger partial charge in [-0.1, -0.05) is 42.5 Å². The summed E-state index contributed by atoms with van der Waals surface area (Å²) in [6, 6.07) is 17.6. The van der Waals surface area contributed by atoms with Crippen LogP contribution in [0.2, 0.25) is 0 Å². The second-order valence-corrected chi connectivity index (χ2v) is 5.57. The molecule has 0 aliphatic carbocycles. The van der Waals surface area contributed by atoms with Crippen LogP contribution in [-0.2, 0) is 4.79 Å². The molecule has 1 amide bonds. The van der Waals surface area contributed by atoms with E-state index in [9.17, 15) is 14.7 Å². The summed E-state index contributed by atoms with van der Waals surface area (Å²) in [4.78, 5) is 23.5. The average Bonchev–Trinajstić information content (AvgIpc) is 2.61. The van der Waals surface area contributed by atoms with Crippen LogP contribution < -0.4 is 5.32 Å². The highest BCUT2D eigenvalue weighted by molar-refractivity contribution is 5.97. The van der Waals surface area contributed by atoms with Crippen molar-refractivity contribution < 1.29 is 14.7 Å². The molecule has 122 valence electrons. The molecule has 2 N–H and O–H groups in total. The molecular weight excluding hydrogens is 304 g/mol. The zero-order chi connectivity index (χ0) is 17.5. The fourth-order valence-electron chi connectivity index (χ4n) is 2.31. The lowest BCUT2D eigenvalue weighted by atomic mass is 10.0. The Morgan fingerprint density at radius 2 is 1.67 bits per heavy atom. The van der Waals surface area contributed by atoms with Crippen LogP contribution in [0, 0.1) is 17.2 Å². The second kappa shape index (κ2) is 7.93. The highest BCUT2D eigenvalue weighted by atomic mass is 16.4. The van der Waals surface area contributed by atoms with Crippen LogP contribution in [0.1, 0.15) is 23.7 Å². The van der Waals surface area contributed by atoms with Crippen molar-refractivity contribution in [2.75, 3.05) is 0 Å². The zero-order valence-corrected chi connectivity index (χ0v) is 13.3. The predicted octanol–water partition coefficient (Wildman–Crippen LogP) is 3.09. The molecule has 0 bridgehead atoms. The number of nitrogens with zero attached hydrogens (tertiary/aromatic N) is 1. The average molecular weight is 322 g/mol. The molecule has 0 fully saturated rings. The highest BCUT2D eigenvalue weighted by Crippen LogP contribution is 2.19. The quantitative estimate of drug-likeness (QED) is 0.855. The Hall–Kier alpha value is -3.13. The van der Waals surface area contributed by atoms with Gasteiger partial charge in [0, 0.05) is 11.5 Å². The topological polar surface area (TPSA) is 90.2 Å². The molecule has 24 heavy (non-hydrogen) atoms. The summed E-state index contributed by atoms with van der Waals surface area (Å²) < 4.78 is 0. The third-order valence-electron chi connectivity index (χ3n) is 3.67. The number of carboxylic acids is 1. The van der Waals surface area contributed by atoms with Gasteiger partial charge >= 0.3 is 5.97 Å². The lowest BCUT2D eigenvalue weighted by molar-refractivity contribution is -0.139. The molecule has 0 spiro atoms. The van der Waals surface area contributed by atoms with Crippen molar-refractivity contribution in [3.8, 4) is 17.2 Å². The van der Waals surface area contributed by atoms with E-state index in [1.807, 2.05) is 48.5 Å². The predicted molar refractivity (Wildman–Crippen MR) is 90.2 cm³/mol. The van der Waals surface area contributed by atoms with Crippen LogP contribution in [0.25, 0.3) is 11.1 Å². The summed E-state index contributed by atoms with van der Waals surface area (Å²) in [5.74, 6) is -2.06. The van der Waals surface area contributed by atoms with E-state index < -0.39 is 23.8 Å². The third-order valence-corrected chi connectivity index (χ3v) is 3.67. The van der Waals surface area contributed by atoms with Crippen molar-refractivity contribution in [1.29, 1.82) is 5.26 Å². The van der Waals surface area contributed by atoms with E-state index >= 15 is 0 Å². The molecule has 5 nitrogen and oxygen atoms in total. The van der Waals surface area contributed by atoms with Crippen molar-refractivity contribution in [3.63, 3.8) is 0 Å². The van der Waals surface area contributed by atoms with Crippen molar-refractivity contribution in [1.82, 2.24) is 5.32 Å². The summed E-state index contributed by atoms with van der Waals surface area (Å²) in [7, 11) is 0. The van der Waals surface area contributed by atoms with Gasteiger partial charge in [0.05, 0.1) is 6.07 Å². The van der Waals surface area contributed by atoms with Crippen LogP contribution in [0.5, 0.6) is 0 Å². The molecule has 2 atom stereocenters. The molecule has 0 unspecified atom stereocenters. The van der Waals surface area contributed by atoms with E-state index in [1.165, 1.54) is 0 Å². The van der Waals surface area contributed by atoms with Crippen molar-refractivity contribution in [3.05, 3.63) is 60.2 Å². The van der Waals surface area contributed by atoms with Gasteiger partial charge in [-0.2, -0.15) is 5.26 Å². The van der Waals surface area contributed by atoms with Crippen molar-refractivity contribution in [2.24, 2.45) is 5.92 Å². The smallest absolute Gasteiger partial charge is 0.326 e. The summed E-state index contributed by atoms with van der Waals surface area (Å²) in [6.45, 7) is 1.62. The molecule has 0 radical (unpaired) electrons. The first-order valence-corrected chi connectivity index (χ1v) is 7.60. The number of carbonyl (C=O) groups excluding carboxylic acids is 1. The van der Waals surface area contributed by atoms with Gasteiger partial charge in [0.2, 0.25) is 0 Å². The SMILES string of the molecule is C[C@@H](C#N)C[C@H](NC(=O)c1ccc(-c2ccccc2)cc1)C(=O)O. The van der Waals surface area contributed by atoms with Crippen molar-refractivity contribution >= 4 is 11.9 Å². The van der Waals surface area contributed by atoms with Gasteiger partial charge in [0.1, 0.15) is 6.04 Å². The Bertz CT molecular complexity index is 748. The molecule has 0 aliphatic rings. The maximum Gasteiger partial charge on any atom is 0.326 e. The second-order valence-electron chi connectivity index (χ2n) is 5.57. The van der Waals surface area contributed by atoms with Crippen LogP contribution in [0.3, 0.4) is 0 Å². The monoisotopic (exact) mass is 322 g/mol. The molecule has 2 rings (SSSR count). The molecular formula is C19H18N2O3. The first kappa shape index (κ1) is 17.2. The van der Waals surface area contributed by atoms with Gasteiger partial charge < -0.3 is 10.4 Å². The number of carboxylic acid groups (broad SMARTS) is 1. The first-order chi connectivity index (χ1) is 11.5. The van der Waals surface area contributed by atoms with E-state index in [4.69, 9.17) is 5.26 Å². The molecule has 0 saturated carbocycles. The van der Waals surface area contributed by atoms with E-state index in [2.05, 4.69) is 5.32 Å². The minimum absolute atomic E-state index is 0.0691. The maximum atomic E-state index is 12.2. The van der Waals surface area contributed by atoms with E-state index in [-0.39, 0.29) is 6.42 Å². The van der Waals surface area contributed by atoms with E-state index in [0.717, 1.165) is 11.1 Å². The van der Waals surface area contributed by atoms with Gasteiger partial charge in [-0.3, -0.25) is 4.79 Å². The summed E-state index contributed by atoms with van der Waals surface area (Å²) in [6.07, 6.45) is 0.0691. The summed E-state index contributed by atoms with van der Waals surface area (Å²) in [5.41, 5.74) is 2.39. The van der Waals surface area contributed by atoms with Gasteiger partial charge in [0.25, 0.3) is 5.91 Å². The fourth-order valence-corrected chi connectivity index (χ4v) is 2.31. The number of amides is 1. The number of aliphatic carboxylic acids is 1. The Labute approximate surface area is 140 Å². The largest absolute Gasteiger partial charge is 0.480 e. The normalized spacial score (nSPS) is 12.7. The number of nitriles is 1. The minimum Gasteiger partial charge on any atom is -0.480 e. The number of rotatable bonds is 6. The fraction of sp³-hybridized carbons (Fsp3) is 0.211. The molecule has 0 heterocycles. The number of hydrogen-bond donors (Lipinski definition) is 2. The standard InChI is InChI=1S/C19H18N2O3/c1-13(12-20)11-17(19(23)24)21-18(22)16-9-7-15(8-10-16)14-5-3-2-4-6-14/h2-10,13,17H,11H2,1H3,(H,21,22)(H,23,24)/t13-,17+/m1/s1. The van der Waals surface area contributed by atoms with Gasteiger partial charge in [-0.15, -0.1) is 0 Å². The highest BCUT2D eigenvalue weighted by Gasteiger charge is 2.23. The lowest BCUT2D eigenvalue weighted by Crippen LogP contribution is -2.41. The molecule has 5 heteroatoms. The lowest BCUT2D eigenvalue weighted by Gasteiger charge is -2.15. The minimum atomic E-state index is -1.15. The molecule has 0 aliphatic heterocycles. The number of benzene rings is 2. The van der Waals surface area contributed by atoms with Gasteiger partial charge in [-0.05, 0) is 36.6 Å². The molecule has 0 aromatic heterocycles. The van der Waals surface area contributed by atoms with Crippen molar-refractivity contribution in [2.45, 2.75) is 19.4 Å². The summed E-state index contributed by atoms with van der Waals surface area (Å²) in [5, 5.41) is 20.4. The summed E-state index contributed by atoms with van der Waals surface area (Å²) >= 11 is 0. The van der Waals surface area contributed by atoms with Crippen LogP contribution in [0.4, 0.5) is 0 Å².